The van der Waals surface area contributed by atoms with Gasteiger partial charge in [0.2, 0.25) is 0 Å². The SMILES string of the molecule is CC(C)(C#N)CCCN1CCCOCC1. The number of rotatable bonds is 4. The molecule has 3 heteroatoms. The highest BCUT2D eigenvalue weighted by Crippen LogP contribution is 2.20. The van der Waals surface area contributed by atoms with Gasteiger partial charge >= 0.3 is 0 Å². The molecular weight excluding hydrogens is 188 g/mol. The van der Waals surface area contributed by atoms with Crippen molar-refractivity contribution in [3.8, 4) is 6.07 Å². The molecule has 0 aromatic heterocycles. The van der Waals surface area contributed by atoms with Crippen LogP contribution in [0.3, 0.4) is 0 Å². The summed E-state index contributed by atoms with van der Waals surface area (Å²) in [6.07, 6.45) is 3.24. The van der Waals surface area contributed by atoms with Gasteiger partial charge in [0.1, 0.15) is 0 Å². The molecule has 1 saturated heterocycles. The zero-order valence-corrected chi connectivity index (χ0v) is 9.96. The van der Waals surface area contributed by atoms with Gasteiger partial charge in [-0.3, -0.25) is 0 Å². The number of ether oxygens (including phenoxy) is 1. The molecular formula is C12H22N2O. The lowest BCUT2D eigenvalue weighted by Crippen LogP contribution is -2.28. The highest BCUT2D eigenvalue weighted by atomic mass is 16.5. The van der Waals surface area contributed by atoms with Gasteiger partial charge in [-0.2, -0.15) is 5.26 Å². The van der Waals surface area contributed by atoms with Crippen molar-refractivity contribution >= 4 is 0 Å². The van der Waals surface area contributed by atoms with E-state index in [1.807, 2.05) is 13.8 Å². The molecule has 0 unspecified atom stereocenters. The summed E-state index contributed by atoms with van der Waals surface area (Å²) in [7, 11) is 0. The van der Waals surface area contributed by atoms with Gasteiger partial charge in [-0.05, 0) is 39.7 Å². The second kappa shape index (κ2) is 6.09. The van der Waals surface area contributed by atoms with Crippen molar-refractivity contribution in [3.63, 3.8) is 0 Å². The Morgan fingerprint density at radius 1 is 1.33 bits per heavy atom. The third-order valence-electron chi connectivity index (χ3n) is 2.89. The molecule has 15 heavy (non-hydrogen) atoms. The van der Waals surface area contributed by atoms with Gasteiger partial charge in [0, 0.05) is 19.7 Å². The molecule has 3 nitrogen and oxygen atoms in total. The molecule has 0 aliphatic carbocycles. The zero-order chi connectivity index (χ0) is 11.1. The molecule has 0 radical (unpaired) electrons. The Kier molecular flexibility index (Phi) is 5.07. The first-order valence-electron chi connectivity index (χ1n) is 5.85. The van der Waals surface area contributed by atoms with E-state index in [-0.39, 0.29) is 5.41 Å². The second-order valence-corrected chi connectivity index (χ2v) is 4.91. The molecule has 0 amide bonds. The molecule has 86 valence electrons. The summed E-state index contributed by atoms with van der Waals surface area (Å²) in [6, 6.07) is 2.35. The van der Waals surface area contributed by atoms with Crippen LogP contribution in [0.2, 0.25) is 0 Å². The molecule has 0 aromatic rings. The van der Waals surface area contributed by atoms with Crippen LogP contribution in [0.25, 0.3) is 0 Å². The summed E-state index contributed by atoms with van der Waals surface area (Å²) in [4.78, 5) is 2.44. The van der Waals surface area contributed by atoms with E-state index < -0.39 is 0 Å². The van der Waals surface area contributed by atoms with Gasteiger partial charge in [-0.15, -0.1) is 0 Å². The van der Waals surface area contributed by atoms with E-state index in [1.165, 1.54) is 0 Å². The van der Waals surface area contributed by atoms with Crippen molar-refractivity contribution < 1.29 is 4.74 Å². The Balaban J connectivity index is 2.16. The van der Waals surface area contributed by atoms with E-state index in [0.717, 1.165) is 52.1 Å². The monoisotopic (exact) mass is 210 g/mol. The predicted molar refractivity (Wildman–Crippen MR) is 60.5 cm³/mol. The fourth-order valence-electron chi connectivity index (χ4n) is 1.82. The van der Waals surface area contributed by atoms with Crippen molar-refractivity contribution in [2.24, 2.45) is 5.41 Å². The third-order valence-corrected chi connectivity index (χ3v) is 2.89. The summed E-state index contributed by atoms with van der Waals surface area (Å²) < 4.78 is 5.40. The maximum atomic E-state index is 8.89. The Morgan fingerprint density at radius 2 is 2.13 bits per heavy atom. The molecule has 0 saturated carbocycles. The predicted octanol–water partition coefficient (Wildman–Crippen LogP) is 2.04. The minimum Gasteiger partial charge on any atom is -0.380 e. The van der Waals surface area contributed by atoms with E-state index in [4.69, 9.17) is 10.00 Å². The fraction of sp³-hybridized carbons (Fsp3) is 0.917. The molecule has 0 atom stereocenters. The summed E-state index contributed by atoms with van der Waals surface area (Å²) in [5.74, 6) is 0. The van der Waals surface area contributed by atoms with Crippen LogP contribution >= 0.6 is 0 Å². The van der Waals surface area contributed by atoms with E-state index in [2.05, 4.69) is 11.0 Å². The minimum absolute atomic E-state index is 0.164. The first-order valence-corrected chi connectivity index (χ1v) is 5.85. The average molecular weight is 210 g/mol. The smallest absolute Gasteiger partial charge is 0.0683 e. The van der Waals surface area contributed by atoms with E-state index in [1.54, 1.807) is 0 Å². The molecule has 0 aromatic carbocycles. The first-order chi connectivity index (χ1) is 7.14. The lowest BCUT2D eigenvalue weighted by molar-refractivity contribution is 0.140. The average Bonchev–Trinajstić information content (AvgIpc) is 2.46. The topological polar surface area (TPSA) is 36.3 Å². The molecule has 1 aliphatic heterocycles. The van der Waals surface area contributed by atoms with Gasteiger partial charge in [-0.25, -0.2) is 0 Å². The standard InChI is InChI=1S/C12H22N2O/c1-12(2,11-13)5-3-6-14-7-4-9-15-10-8-14/h3-10H2,1-2H3. The van der Waals surface area contributed by atoms with Gasteiger partial charge in [-0.1, -0.05) is 0 Å². The van der Waals surface area contributed by atoms with Crippen LogP contribution in [0.15, 0.2) is 0 Å². The largest absolute Gasteiger partial charge is 0.380 e. The number of hydrogen-bond donors (Lipinski definition) is 0. The lowest BCUT2D eigenvalue weighted by atomic mass is 9.90. The summed E-state index contributed by atoms with van der Waals surface area (Å²) >= 11 is 0. The highest BCUT2D eigenvalue weighted by molar-refractivity contribution is 4.91. The molecule has 0 spiro atoms. The van der Waals surface area contributed by atoms with Gasteiger partial charge in [0.15, 0.2) is 0 Å². The minimum atomic E-state index is -0.164. The Labute approximate surface area is 93.0 Å². The van der Waals surface area contributed by atoms with Gasteiger partial charge in [0.05, 0.1) is 18.1 Å². The Bertz CT molecular complexity index is 212. The van der Waals surface area contributed by atoms with Gasteiger partial charge < -0.3 is 9.64 Å². The van der Waals surface area contributed by atoms with E-state index in [0.29, 0.717) is 0 Å². The molecule has 1 rings (SSSR count). The number of hydrogen-bond acceptors (Lipinski definition) is 3. The van der Waals surface area contributed by atoms with E-state index >= 15 is 0 Å². The van der Waals surface area contributed by atoms with Crippen molar-refractivity contribution in [2.75, 3.05) is 32.8 Å². The summed E-state index contributed by atoms with van der Waals surface area (Å²) in [5.41, 5.74) is -0.164. The second-order valence-electron chi connectivity index (χ2n) is 4.91. The first kappa shape index (κ1) is 12.5. The molecule has 1 aliphatic rings. The number of nitrogens with zero attached hydrogens (tertiary/aromatic N) is 2. The third kappa shape index (κ3) is 5.15. The van der Waals surface area contributed by atoms with Crippen molar-refractivity contribution in [1.29, 1.82) is 5.26 Å². The molecule has 1 heterocycles. The number of nitriles is 1. The van der Waals surface area contributed by atoms with Crippen LogP contribution < -0.4 is 0 Å². The summed E-state index contributed by atoms with van der Waals surface area (Å²) in [6.45, 7) is 9.09. The van der Waals surface area contributed by atoms with Gasteiger partial charge in [0.25, 0.3) is 0 Å². The van der Waals surface area contributed by atoms with Crippen molar-refractivity contribution in [2.45, 2.75) is 33.1 Å². The van der Waals surface area contributed by atoms with Crippen LogP contribution in [0.1, 0.15) is 33.1 Å². The molecule has 0 N–H and O–H groups in total. The maximum absolute atomic E-state index is 8.89. The van der Waals surface area contributed by atoms with Crippen LogP contribution in [0.5, 0.6) is 0 Å². The summed E-state index contributed by atoms with van der Waals surface area (Å²) in [5, 5.41) is 8.89. The van der Waals surface area contributed by atoms with Crippen molar-refractivity contribution in [3.05, 3.63) is 0 Å². The van der Waals surface area contributed by atoms with Crippen LogP contribution in [-0.2, 0) is 4.74 Å². The quantitative estimate of drug-likeness (QED) is 0.712. The van der Waals surface area contributed by atoms with Crippen LogP contribution in [0, 0.1) is 16.7 Å². The molecule has 1 fully saturated rings. The molecule has 0 bridgehead atoms. The van der Waals surface area contributed by atoms with Crippen LogP contribution in [-0.4, -0.2) is 37.7 Å². The Hall–Kier alpha value is -0.590. The van der Waals surface area contributed by atoms with Crippen LogP contribution in [0.4, 0.5) is 0 Å². The lowest BCUT2D eigenvalue weighted by Gasteiger charge is -2.21. The zero-order valence-electron chi connectivity index (χ0n) is 9.96. The van der Waals surface area contributed by atoms with Crippen molar-refractivity contribution in [1.82, 2.24) is 4.90 Å². The highest BCUT2D eigenvalue weighted by Gasteiger charge is 2.17. The normalized spacial score (nSPS) is 19.5. The maximum Gasteiger partial charge on any atom is 0.0683 e. The fourth-order valence-corrected chi connectivity index (χ4v) is 1.82. The Morgan fingerprint density at radius 3 is 2.87 bits per heavy atom. The van der Waals surface area contributed by atoms with E-state index in [9.17, 15) is 0 Å².